The van der Waals surface area contributed by atoms with Crippen molar-refractivity contribution in [1.82, 2.24) is 9.55 Å². The highest BCUT2D eigenvalue weighted by atomic mass is 127. The minimum atomic E-state index is 0.819. The molecule has 0 N–H and O–H groups in total. The van der Waals surface area contributed by atoms with Crippen LogP contribution in [0.15, 0.2) is 30.6 Å². The molecule has 0 saturated heterocycles. The molecule has 2 nitrogen and oxygen atoms in total. The summed E-state index contributed by atoms with van der Waals surface area (Å²) in [6, 6.07) is 6.10. The van der Waals surface area contributed by atoms with E-state index in [-0.39, 0.29) is 0 Å². The van der Waals surface area contributed by atoms with Gasteiger partial charge in [-0.15, -0.1) is 0 Å². The summed E-state index contributed by atoms with van der Waals surface area (Å²) in [4.78, 5) is 4.18. The van der Waals surface area contributed by atoms with Crippen LogP contribution in [-0.4, -0.2) is 9.55 Å². The average Bonchev–Trinajstić information content (AvgIpc) is 2.59. The fourth-order valence-electron chi connectivity index (χ4n) is 1.43. The van der Waals surface area contributed by atoms with Crippen LogP contribution in [0.1, 0.15) is 11.1 Å². The van der Waals surface area contributed by atoms with Gasteiger partial charge in [-0.1, -0.05) is 23.7 Å². The van der Waals surface area contributed by atoms with Crippen molar-refractivity contribution in [3.63, 3.8) is 0 Å². The maximum atomic E-state index is 5.97. The Labute approximate surface area is 107 Å². The summed E-state index contributed by atoms with van der Waals surface area (Å²) in [7, 11) is 0. The predicted molar refractivity (Wildman–Crippen MR) is 70.2 cm³/mol. The lowest BCUT2D eigenvalue weighted by Gasteiger charge is -2.06. The monoisotopic (exact) mass is 332 g/mol. The van der Waals surface area contributed by atoms with Gasteiger partial charge < -0.3 is 4.57 Å². The standard InChI is InChI=1S/C11H10ClIN2/c1-8-6-9(2-3-10(8)12)7-15-5-4-14-11(15)13/h2-6H,7H2,1H3. The highest BCUT2D eigenvalue weighted by Gasteiger charge is 2.01. The third-order valence-electron chi connectivity index (χ3n) is 2.24. The number of imidazole rings is 1. The Morgan fingerprint density at radius 1 is 1.47 bits per heavy atom. The maximum Gasteiger partial charge on any atom is 0.171 e. The van der Waals surface area contributed by atoms with Crippen LogP contribution in [0.4, 0.5) is 0 Å². The maximum absolute atomic E-state index is 5.97. The molecule has 0 aliphatic carbocycles. The Bertz CT molecular complexity index is 479. The van der Waals surface area contributed by atoms with Crippen LogP contribution in [0, 0.1) is 10.8 Å². The van der Waals surface area contributed by atoms with Gasteiger partial charge in [0, 0.05) is 24.0 Å². The summed E-state index contributed by atoms with van der Waals surface area (Å²) >= 11 is 8.20. The van der Waals surface area contributed by atoms with Crippen LogP contribution in [0.2, 0.25) is 5.02 Å². The van der Waals surface area contributed by atoms with Crippen molar-refractivity contribution in [3.05, 3.63) is 50.6 Å². The first kappa shape index (κ1) is 11.0. The molecular formula is C11H10ClIN2. The first-order valence-electron chi connectivity index (χ1n) is 4.58. The zero-order valence-corrected chi connectivity index (χ0v) is 11.2. The molecule has 0 unspecified atom stereocenters. The molecule has 1 heterocycles. The van der Waals surface area contributed by atoms with Crippen molar-refractivity contribution in [2.24, 2.45) is 0 Å². The van der Waals surface area contributed by atoms with Crippen LogP contribution in [0.25, 0.3) is 0 Å². The first-order valence-corrected chi connectivity index (χ1v) is 6.04. The number of hydrogen-bond donors (Lipinski definition) is 0. The summed E-state index contributed by atoms with van der Waals surface area (Å²) < 4.78 is 3.10. The third-order valence-corrected chi connectivity index (χ3v) is 3.56. The Hall–Kier alpha value is -0.550. The minimum absolute atomic E-state index is 0.819. The van der Waals surface area contributed by atoms with E-state index in [0.29, 0.717) is 0 Å². The van der Waals surface area contributed by atoms with Crippen molar-refractivity contribution in [1.29, 1.82) is 0 Å². The average molecular weight is 333 g/mol. The molecule has 0 radical (unpaired) electrons. The second-order valence-corrected chi connectivity index (χ2v) is 4.78. The smallest absolute Gasteiger partial charge is 0.171 e. The molecule has 4 heteroatoms. The fourth-order valence-corrected chi connectivity index (χ4v) is 2.04. The molecule has 15 heavy (non-hydrogen) atoms. The van der Waals surface area contributed by atoms with Gasteiger partial charge in [-0.25, -0.2) is 4.98 Å². The lowest BCUT2D eigenvalue weighted by molar-refractivity contribution is 0.771. The second kappa shape index (κ2) is 4.53. The molecular weight excluding hydrogens is 322 g/mol. The van der Waals surface area contributed by atoms with E-state index in [1.165, 1.54) is 5.56 Å². The molecule has 2 aromatic rings. The van der Waals surface area contributed by atoms with Crippen molar-refractivity contribution in [2.75, 3.05) is 0 Å². The van der Waals surface area contributed by atoms with E-state index >= 15 is 0 Å². The van der Waals surface area contributed by atoms with Gasteiger partial charge >= 0.3 is 0 Å². The van der Waals surface area contributed by atoms with Crippen molar-refractivity contribution >= 4 is 34.2 Å². The largest absolute Gasteiger partial charge is 0.322 e. The lowest BCUT2D eigenvalue weighted by atomic mass is 10.1. The molecule has 1 aromatic carbocycles. The molecule has 0 atom stereocenters. The zero-order chi connectivity index (χ0) is 10.8. The Morgan fingerprint density at radius 2 is 2.27 bits per heavy atom. The fraction of sp³-hybridized carbons (Fsp3) is 0.182. The molecule has 78 valence electrons. The predicted octanol–water partition coefficient (Wildman–Crippen LogP) is 3.50. The van der Waals surface area contributed by atoms with Gasteiger partial charge in [0.25, 0.3) is 0 Å². The number of aromatic nitrogens is 2. The van der Waals surface area contributed by atoms with Crippen LogP contribution >= 0.6 is 34.2 Å². The van der Waals surface area contributed by atoms with E-state index in [9.17, 15) is 0 Å². The number of nitrogens with zero attached hydrogens (tertiary/aromatic N) is 2. The zero-order valence-electron chi connectivity index (χ0n) is 8.24. The van der Waals surface area contributed by atoms with Crippen LogP contribution in [-0.2, 0) is 6.54 Å². The Morgan fingerprint density at radius 3 is 2.87 bits per heavy atom. The van der Waals surface area contributed by atoms with E-state index in [1.807, 2.05) is 31.5 Å². The summed E-state index contributed by atoms with van der Waals surface area (Å²) in [5.74, 6) is 0. The van der Waals surface area contributed by atoms with Crippen LogP contribution < -0.4 is 0 Å². The molecule has 0 bridgehead atoms. The molecule has 0 aliphatic rings. The highest BCUT2D eigenvalue weighted by Crippen LogP contribution is 2.17. The lowest BCUT2D eigenvalue weighted by Crippen LogP contribution is -2.00. The number of halogens is 2. The van der Waals surface area contributed by atoms with Gasteiger partial charge in [0.05, 0.1) is 0 Å². The van der Waals surface area contributed by atoms with Crippen molar-refractivity contribution in [3.8, 4) is 0 Å². The van der Waals surface area contributed by atoms with Crippen molar-refractivity contribution < 1.29 is 0 Å². The number of benzene rings is 1. The van der Waals surface area contributed by atoms with E-state index in [4.69, 9.17) is 11.6 Å². The summed E-state index contributed by atoms with van der Waals surface area (Å²) in [5, 5.41) is 0.819. The Kier molecular flexibility index (Phi) is 3.31. The normalized spacial score (nSPS) is 10.6. The molecule has 0 fully saturated rings. The first-order chi connectivity index (χ1) is 7.16. The number of aryl methyl sites for hydroxylation is 1. The topological polar surface area (TPSA) is 17.8 Å². The molecule has 1 aromatic heterocycles. The van der Waals surface area contributed by atoms with Crippen molar-refractivity contribution in [2.45, 2.75) is 13.5 Å². The summed E-state index contributed by atoms with van der Waals surface area (Å²) in [6.45, 7) is 2.86. The van der Waals surface area contributed by atoms with E-state index in [2.05, 4.69) is 38.2 Å². The highest BCUT2D eigenvalue weighted by molar-refractivity contribution is 14.1. The summed E-state index contributed by atoms with van der Waals surface area (Å²) in [5.41, 5.74) is 2.36. The van der Waals surface area contributed by atoms with Gasteiger partial charge in [0.1, 0.15) is 0 Å². The van der Waals surface area contributed by atoms with Crippen LogP contribution in [0.5, 0.6) is 0 Å². The molecule has 0 spiro atoms. The van der Waals surface area contributed by atoms with Gasteiger partial charge in [0.15, 0.2) is 3.83 Å². The van der Waals surface area contributed by atoms with E-state index < -0.39 is 0 Å². The van der Waals surface area contributed by atoms with Gasteiger partial charge in [0.2, 0.25) is 0 Å². The molecule has 0 amide bonds. The van der Waals surface area contributed by atoms with E-state index in [0.717, 1.165) is 21.0 Å². The quantitative estimate of drug-likeness (QED) is 0.770. The molecule has 0 aliphatic heterocycles. The van der Waals surface area contributed by atoms with Gasteiger partial charge in [-0.3, -0.25) is 0 Å². The van der Waals surface area contributed by atoms with E-state index in [1.54, 1.807) is 0 Å². The molecule has 0 saturated carbocycles. The van der Waals surface area contributed by atoms with Crippen LogP contribution in [0.3, 0.4) is 0 Å². The number of hydrogen-bond acceptors (Lipinski definition) is 1. The Balaban J connectivity index is 2.25. The molecule has 2 rings (SSSR count). The second-order valence-electron chi connectivity index (χ2n) is 3.41. The van der Waals surface area contributed by atoms with Gasteiger partial charge in [-0.05, 0) is 46.7 Å². The minimum Gasteiger partial charge on any atom is -0.322 e. The van der Waals surface area contributed by atoms with Gasteiger partial charge in [-0.2, -0.15) is 0 Å². The SMILES string of the molecule is Cc1cc(Cn2ccnc2I)ccc1Cl. The third kappa shape index (κ3) is 2.52. The summed E-state index contributed by atoms with van der Waals surface area (Å²) in [6.07, 6.45) is 3.79. The number of rotatable bonds is 2.